The van der Waals surface area contributed by atoms with Gasteiger partial charge in [-0.3, -0.25) is 0 Å². The monoisotopic (exact) mass is 319 g/mol. The van der Waals surface area contributed by atoms with Crippen molar-refractivity contribution in [2.75, 3.05) is 5.75 Å². The van der Waals surface area contributed by atoms with E-state index in [1.165, 1.54) is 70.6 Å². The van der Waals surface area contributed by atoms with Crippen LogP contribution in [-0.2, 0) is 10.0 Å². The van der Waals surface area contributed by atoms with Crippen LogP contribution in [0, 0.1) is 5.92 Å². The summed E-state index contributed by atoms with van der Waals surface area (Å²) < 4.78 is 22.0. The Bertz CT molecular complexity index is 315. The first kappa shape index (κ1) is 20.9. The molecule has 21 heavy (non-hydrogen) atoms. The lowest BCUT2D eigenvalue weighted by Crippen LogP contribution is -2.17. The average molecular weight is 320 g/mol. The van der Waals surface area contributed by atoms with Crippen LogP contribution in [0.1, 0.15) is 97.3 Å². The van der Waals surface area contributed by atoms with Gasteiger partial charge in [-0.05, 0) is 18.8 Å². The number of hydrogen-bond donors (Lipinski definition) is 1. The molecule has 0 saturated heterocycles. The molecular weight excluding hydrogens is 282 g/mol. The Hall–Kier alpha value is -0.0900. The van der Waals surface area contributed by atoms with Crippen molar-refractivity contribution in [3.05, 3.63) is 0 Å². The van der Waals surface area contributed by atoms with Gasteiger partial charge in [0.25, 0.3) is 0 Å². The molecule has 0 heterocycles. The summed E-state index contributed by atoms with van der Waals surface area (Å²) in [5.41, 5.74) is 0. The molecule has 0 spiro atoms. The van der Waals surface area contributed by atoms with Crippen molar-refractivity contribution in [3.63, 3.8) is 0 Å². The fraction of sp³-hybridized carbons (Fsp3) is 1.00. The quantitative estimate of drug-likeness (QED) is 0.432. The van der Waals surface area contributed by atoms with E-state index in [0.717, 1.165) is 12.8 Å². The van der Waals surface area contributed by atoms with Gasteiger partial charge in [0.15, 0.2) is 0 Å². The van der Waals surface area contributed by atoms with Crippen LogP contribution in [0.5, 0.6) is 0 Å². The van der Waals surface area contributed by atoms with E-state index in [-0.39, 0.29) is 5.75 Å². The highest BCUT2D eigenvalue weighted by Gasteiger charge is 2.10. The fourth-order valence-corrected chi connectivity index (χ4v) is 3.47. The zero-order chi connectivity index (χ0) is 16.0. The SMILES string of the molecule is CCCCCCCC(CCCCCC)CCCS(N)(=O)=O. The van der Waals surface area contributed by atoms with Gasteiger partial charge in [0, 0.05) is 0 Å². The third-order valence-corrected chi connectivity index (χ3v) is 5.08. The van der Waals surface area contributed by atoms with Crippen molar-refractivity contribution < 1.29 is 8.42 Å². The fourth-order valence-electron chi connectivity index (χ4n) is 2.90. The van der Waals surface area contributed by atoms with Crippen molar-refractivity contribution in [2.24, 2.45) is 11.1 Å². The molecule has 0 aliphatic carbocycles. The lowest BCUT2D eigenvalue weighted by Gasteiger charge is -2.16. The maximum Gasteiger partial charge on any atom is 0.209 e. The first-order valence-corrected chi connectivity index (χ1v) is 10.7. The number of nitrogens with two attached hydrogens (primary N) is 1. The molecule has 1 unspecified atom stereocenters. The summed E-state index contributed by atoms with van der Waals surface area (Å²) in [5, 5.41) is 5.09. The second kappa shape index (κ2) is 13.6. The third-order valence-electron chi connectivity index (χ3n) is 4.22. The Labute approximate surface area is 133 Å². The molecule has 0 rings (SSSR count). The van der Waals surface area contributed by atoms with E-state index in [1.54, 1.807) is 0 Å². The zero-order valence-corrected chi connectivity index (χ0v) is 15.1. The lowest BCUT2D eigenvalue weighted by molar-refractivity contribution is 0.379. The second-order valence-corrected chi connectivity index (χ2v) is 8.16. The molecule has 0 amide bonds. The maximum atomic E-state index is 11.0. The zero-order valence-electron chi connectivity index (χ0n) is 14.3. The number of primary sulfonamides is 1. The van der Waals surface area contributed by atoms with Crippen LogP contribution in [0.3, 0.4) is 0 Å². The van der Waals surface area contributed by atoms with Gasteiger partial charge >= 0.3 is 0 Å². The normalized spacial score (nSPS) is 13.5. The molecule has 0 saturated carbocycles. The van der Waals surface area contributed by atoms with E-state index >= 15 is 0 Å². The van der Waals surface area contributed by atoms with Crippen LogP contribution in [0.25, 0.3) is 0 Å². The third kappa shape index (κ3) is 16.1. The highest BCUT2D eigenvalue weighted by molar-refractivity contribution is 7.89. The van der Waals surface area contributed by atoms with Crippen LogP contribution < -0.4 is 5.14 Å². The van der Waals surface area contributed by atoms with Gasteiger partial charge in [0.2, 0.25) is 10.0 Å². The average Bonchev–Trinajstić information content (AvgIpc) is 2.41. The number of hydrogen-bond acceptors (Lipinski definition) is 2. The molecule has 4 heteroatoms. The molecule has 0 aromatic carbocycles. The maximum absolute atomic E-state index is 11.0. The Kier molecular flexibility index (Phi) is 13.5. The molecule has 2 N–H and O–H groups in total. The van der Waals surface area contributed by atoms with Gasteiger partial charge in [-0.1, -0.05) is 84.5 Å². The van der Waals surface area contributed by atoms with Crippen molar-refractivity contribution in [1.29, 1.82) is 0 Å². The summed E-state index contributed by atoms with van der Waals surface area (Å²) in [6.07, 6.45) is 16.1. The van der Waals surface area contributed by atoms with Gasteiger partial charge in [0.1, 0.15) is 0 Å². The molecule has 128 valence electrons. The first-order chi connectivity index (χ1) is 9.99. The van der Waals surface area contributed by atoms with Crippen molar-refractivity contribution in [3.8, 4) is 0 Å². The number of sulfonamides is 1. The summed E-state index contributed by atoms with van der Waals surface area (Å²) in [4.78, 5) is 0. The topological polar surface area (TPSA) is 60.2 Å². The van der Waals surface area contributed by atoms with Crippen molar-refractivity contribution in [2.45, 2.75) is 97.3 Å². The Morgan fingerprint density at radius 1 is 0.714 bits per heavy atom. The minimum absolute atomic E-state index is 0.147. The molecule has 0 aromatic rings. The minimum atomic E-state index is -3.28. The Balaban J connectivity index is 3.90. The summed E-state index contributed by atoms with van der Waals surface area (Å²) in [5.74, 6) is 0.846. The predicted octanol–water partition coefficient (Wildman–Crippen LogP) is 5.00. The molecule has 0 radical (unpaired) electrons. The molecular formula is C17H37NO2S. The summed E-state index contributed by atoms with van der Waals surface area (Å²) >= 11 is 0. The summed E-state index contributed by atoms with van der Waals surface area (Å²) in [6, 6.07) is 0. The molecule has 0 aliphatic heterocycles. The predicted molar refractivity (Wildman–Crippen MR) is 92.8 cm³/mol. The molecule has 0 aliphatic rings. The number of rotatable bonds is 15. The van der Waals surface area contributed by atoms with Gasteiger partial charge in [-0.25, -0.2) is 13.6 Å². The second-order valence-electron chi connectivity index (χ2n) is 6.43. The van der Waals surface area contributed by atoms with E-state index < -0.39 is 10.0 Å². The molecule has 0 aromatic heterocycles. The van der Waals surface area contributed by atoms with E-state index in [4.69, 9.17) is 5.14 Å². The van der Waals surface area contributed by atoms with E-state index in [0.29, 0.717) is 5.92 Å². The van der Waals surface area contributed by atoms with E-state index in [9.17, 15) is 8.42 Å². The van der Waals surface area contributed by atoms with Crippen LogP contribution in [0.4, 0.5) is 0 Å². The Morgan fingerprint density at radius 3 is 1.62 bits per heavy atom. The van der Waals surface area contributed by atoms with Crippen LogP contribution in [0.15, 0.2) is 0 Å². The molecule has 0 bridgehead atoms. The van der Waals surface area contributed by atoms with E-state index in [1.807, 2.05) is 0 Å². The van der Waals surface area contributed by atoms with Gasteiger partial charge in [-0.2, -0.15) is 0 Å². The van der Waals surface area contributed by atoms with Gasteiger partial charge in [-0.15, -0.1) is 0 Å². The largest absolute Gasteiger partial charge is 0.229 e. The van der Waals surface area contributed by atoms with Crippen molar-refractivity contribution >= 4 is 10.0 Å². The highest BCUT2D eigenvalue weighted by Crippen LogP contribution is 2.23. The van der Waals surface area contributed by atoms with Crippen LogP contribution in [-0.4, -0.2) is 14.2 Å². The van der Waals surface area contributed by atoms with Crippen molar-refractivity contribution in [1.82, 2.24) is 0 Å². The summed E-state index contributed by atoms with van der Waals surface area (Å²) in [7, 11) is -3.28. The van der Waals surface area contributed by atoms with Gasteiger partial charge in [0.05, 0.1) is 5.75 Å². The minimum Gasteiger partial charge on any atom is -0.229 e. The number of unbranched alkanes of at least 4 members (excludes halogenated alkanes) is 7. The standard InChI is InChI=1S/C17H37NO2S/c1-3-5-7-9-11-14-17(13-10-8-6-4-2)15-12-16-21(18,19)20/h17H,3-16H2,1-2H3,(H2,18,19,20). The Morgan fingerprint density at radius 2 is 1.14 bits per heavy atom. The van der Waals surface area contributed by atoms with Crippen LogP contribution >= 0.6 is 0 Å². The first-order valence-electron chi connectivity index (χ1n) is 9.00. The highest BCUT2D eigenvalue weighted by atomic mass is 32.2. The van der Waals surface area contributed by atoms with Crippen LogP contribution in [0.2, 0.25) is 0 Å². The van der Waals surface area contributed by atoms with Gasteiger partial charge < -0.3 is 0 Å². The molecule has 0 fully saturated rings. The van der Waals surface area contributed by atoms with E-state index in [2.05, 4.69) is 13.8 Å². The molecule has 3 nitrogen and oxygen atoms in total. The molecule has 1 atom stereocenters. The summed E-state index contributed by atoms with van der Waals surface area (Å²) in [6.45, 7) is 4.47. The lowest BCUT2D eigenvalue weighted by atomic mass is 9.91. The smallest absolute Gasteiger partial charge is 0.209 e.